The fraction of sp³-hybridized carbons (Fsp3) is 0.394. The van der Waals surface area contributed by atoms with E-state index < -0.39 is 0 Å². The fourth-order valence-corrected chi connectivity index (χ4v) is 6.08. The number of hydrogen-bond acceptors (Lipinski definition) is 3. The lowest BCUT2D eigenvalue weighted by atomic mass is 9.89. The second-order valence-electron chi connectivity index (χ2n) is 10.6. The Balaban J connectivity index is 1.42. The number of hydrazine groups is 1. The summed E-state index contributed by atoms with van der Waals surface area (Å²) < 4.78 is 0. The predicted octanol–water partition coefficient (Wildman–Crippen LogP) is 6.19. The Labute approximate surface area is 226 Å². The molecule has 2 amide bonds. The molecule has 0 aromatic heterocycles. The summed E-state index contributed by atoms with van der Waals surface area (Å²) in [5.74, 6) is -0.192. The van der Waals surface area contributed by atoms with Crippen LogP contribution in [0.3, 0.4) is 0 Å². The van der Waals surface area contributed by atoms with E-state index in [1.165, 1.54) is 22.3 Å². The lowest BCUT2D eigenvalue weighted by molar-refractivity contribution is -0.152. The number of rotatable bonds is 9. The van der Waals surface area contributed by atoms with Crippen LogP contribution in [0.4, 0.5) is 0 Å². The third-order valence-electron chi connectivity index (χ3n) is 7.90. The molecule has 0 spiro atoms. The summed E-state index contributed by atoms with van der Waals surface area (Å²) in [7, 11) is 0. The minimum atomic E-state index is -0.292. The summed E-state index contributed by atoms with van der Waals surface area (Å²) in [4.78, 5) is 27.4. The van der Waals surface area contributed by atoms with Gasteiger partial charge in [-0.1, -0.05) is 80.9 Å². The number of fused-ring (bicyclic) bond motifs is 3. The molecule has 1 heterocycles. The molecule has 1 fully saturated rings. The van der Waals surface area contributed by atoms with Crippen LogP contribution in [-0.2, 0) is 11.2 Å². The Hall–Kier alpha value is -3.44. The van der Waals surface area contributed by atoms with Crippen LogP contribution in [0.1, 0.15) is 78.9 Å². The number of nitrogens with one attached hydrogen (secondary N) is 1. The number of carbonyl (C=O) groups excluding carboxylic acids is 2. The maximum Gasteiger partial charge on any atom is 0.251 e. The quantitative estimate of drug-likeness (QED) is 0.374. The molecule has 198 valence electrons. The van der Waals surface area contributed by atoms with E-state index in [9.17, 15) is 9.59 Å². The summed E-state index contributed by atoms with van der Waals surface area (Å²) in [5.41, 5.74) is 6.66. The highest BCUT2D eigenvalue weighted by molar-refractivity contribution is 5.97. The van der Waals surface area contributed by atoms with Gasteiger partial charge in [-0.3, -0.25) is 14.6 Å². The van der Waals surface area contributed by atoms with Crippen LogP contribution < -0.4 is 5.32 Å². The van der Waals surface area contributed by atoms with Crippen molar-refractivity contribution < 1.29 is 9.59 Å². The molecule has 2 unspecified atom stereocenters. The third-order valence-corrected chi connectivity index (χ3v) is 7.90. The molecule has 0 saturated carbocycles. The van der Waals surface area contributed by atoms with Gasteiger partial charge in [-0.05, 0) is 72.1 Å². The van der Waals surface area contributed by atoms with Crippen LogP contribution in [-0.4, -0.2) is 47.5 Å². The maximum absolute atomic E-state index is 14.5. The van der Waals surface area contributed by atoms with Crippen molar-refractivity contribution in [1.29, 1.82) is 0 Å². The Kier molecular flexibility index (Phi) is 8.23. The zero-order chi connectivity index (χ0) is 26.5. The van der Waals surface area contributed by atoms with Crippen molar-refractivity contribution in [3.63, 3.8) is 0 Å². The molecule has 0 radical (unpaired) electrons. The number of piperidine rings is 1. The smallest absolute Gasteiger partial charge is 0.251 e. The molecule has 0 bridgehead atoms. The van der Waals surface area contributed by atoms with Gasteiger partial charge in [-0.15, -0.1) is 0 Å². The Bertz CT molecular complexity index is 1270. The minimum Gasteiger partial charge on any atom is -0.348 e. The van der Waals surface area contributed by atoms with E-state index in [2.05, 4.69) is 66.6 Å². The van der Waals surface area contributed by atoms with Crippen molar-refractivity contribution in [2.24, 2.45) is 0 Å². The van der Waals surface area contributed by atoms with E-state index in [1.54, 1.807) is 0 Å². The zero-order valence-corrected chi connectivity index (χ0v) is 22.7. The van der Waals surface area contributed by atoms with Crippen molar-refractivity contribution >= 4 is 11.8 Å². The molecule has 5 heteroatoms. The molecule has 2 aliphatic rings. The van der Waals surface area contributed by atoms with Crippen LogP contribution in [0, 0.1) is 0 Å². The highest BCUT2D eigenvalue weighted by atomic mass is 16.2. The van der Waals surface area contributed by atoms with Crippen LogP contribution >= 0.6 is 0 Å². The molecule has 1 aliphatic heterocycles. The Morgan fingerprint density at radius 3 is 2.47 bits per heavy atom. The van der Waals surface area contributed by atoms with E-state index in [4.69, 9.17) is 0 Å². The predicted molar refractivity (Wildman–Crippen MR) is 153 cm³/mol. The number of carbonyl (C=O) groups is 2. The topological polar surface area (TPSA) is 52.7 Å². The fourth-order valence-electron chi connectivity index (χ4n) is 6.08. The molecule has 3 aromatic rings. The first-order valence-electron chi connectivity index (χ1n) is 14.3. The van der Waals surface area contributed by atoms with Gasteiger partial charge in [0, 0.05) is 31.2 Å². The van der Waals surface area contributed by atoms with Gasteiger partial charge < -0.3 is 5.32 Å². The highest BCUT2D eigenvalue weighted by Crippen LogP contribution is 2.47. The van der Waals surface area contributed by atoms with Gasteiger partial charge in [0.1, 0.15) is 0 Å². The van der Waals surface area contributed by atoms with Gasteiger partial charge in [0.15, 0.2) is 0 Å². The summed E-state index contributed by atoms with van der Waals surface area (Å²) in [5, 5.41) is 7.40. The summed E-state index contributed by atoms with van der Waals surface area (Å²) in [6, 6.07) is 24.3. The monoisotopic (exact) mass is 509 g/mol. The van der Waals surface area contributed by atoms with Gasteiger partial charge in [0.05, 0.1) is 5.92 Å². The van der Waals surface area contributed by atoms with Crippen molar-refractivity contribution in [2.45, 2.75) is 64.3 Å². The first-order chi connectivity index (χ1) is 18.6. The van der Waals surface area contributed by atoms with Crippen molar-refractivity contribution in [1.82, 2.24) is 15.3 Å². The molecule has 1 aliphatic carbocycles. The first-order valence-corrected chi connectivity index (χ1v) is 14.3. The number of nitrogens with zero attached hydrogens (tertiary/aromatic N) is 2. The van der Waals surface area contributed by atoms with Gasteiger partial charge in [0.25, 0.3) is 5.91 Å². The molecular weight excluding hydrogens is 470 g/mol. The lowest BCUT2D eigenvalue weighted by Crippen LogP contribution is -2.56. The van der Waals surface area contributed by atoms with E-state index in [0.717, 1.165) is 50.6 Å². The normalized spacial score (nSPS) is 18.5. The second-order valence-corrected chi connectivity index (χ2v) is 10.6. The standard InChI is InChI=1S/C33H39N3O2/c1-3-5-13-24-16-11-20-28-27-18-9-10-19-29(27)31(30(24)28)33(38)36(21-4-2)35-22-12-17-26(23-35)34-32(37)25-14-7-6-8-15-25/h6-11,14-16,18-20,26,31H,3-5,12-13,17,21-23H2,1-2H3,(H,34,37). The summed E-state index contributed by atoms with van der Waals surface area (Å²) in [6.07, 6.45) is 5.96. The molecular formula is C33H39N3O2. The molecule has 1 saturated heterocycles. The second kappa shape index (κ2) is 12.0. The molecule has 2 atom stereocenters. The van der Waals surface area contributed by atoms with E-state index in [-0.39, 0.29) is 23.8 Å². The molecule has 5 rings (SSSR count). The van der Waals surface area contributed by atoms with Crippen molar-refractivity contribution in [3.8, 4) is 11.1 Å². The van der Waals surface area contributed by atoms with E-state index >= 15 is 0 Å². The SMILES string of the molecule is CCCCc1cccc2c1C(C(=O)N(CCC)N1CCCC(NC(=O)c3ccccc3)C1)c1ccccc1-2. The van der Waals surface area contributed by atoms with Crippen LogP contribution in [0.5, 0.6) is 0 Å². The van der Waals surface area contributed by atoms with Gasteiger partial charge in [-0.2, -0.15) is 0 Å². The average molecular weight is 510 g/mol. The van der Waals surface area contributed by atoms with Crippen LogP contribution in [0.25, 0.3) is 11.1 Å². The Morgan fingerprint density at radius 1 is 0.921 bits per heavy atom. The van der Waals surface area contributed by atoms with Crippen LogP contribution in [0.15, 0.2) is 72.8 Å². The van der Waals surface area contributed by atoms with E-state index in [1.807, 2.05) is 35.3 Å². The number of hydrogen-bond donors (Lipinski definition) is 1. The first kappa shape index (κ1) is 26.2. The van der Waals surface area contributed by atoms with Gasteiger partial charge >= 0.3 is 0 Å². The summed E-state index contributed by atoms with van der Waals surface area (Å²) >= 11 is 0. The zero-order valence-electron chi connectivity index (χ0n) is 22.7. The molecule has 3 aromatic carbocycles. The highest BCUT2D eigenvalue weighted by Gasteiger charge is 2.39. The van der Waals surface area contributed by atoms with Crippen molar-refractivity contribution in [2.75, 3.05) is 19.6 Å². The number of aryl methyl sites for hydroxylation is 1. The largest absolute Gasteiger partial charge is 0.348 e. The molecule has 1 N–H and O–H groups in total. The van der Waals surface area contributed by atoms with Crippen molar-refractivity contribution in [3.05, 3.63) is 95.1 Å². The number of unbranched alkanes of at least 4 members (excludes halogenated alkanes) is 1. The average Bonchev–Trinajstić information content (AvgIpc) is 3.30. The van der Waals surface area contributed by atoms with Gasteiger partial charge in [-0.25, -0.2) is 5.01 Å². The number of benzene rings is 3. The van der Waals surface area contributed by atoms with Crippen LogP contribution in [0.2, 0.25) is 0 Å². The maximum atomic E-state index is 14.5. The minimum absolute atomic E-state index is 0.00637. The van der Waals surface area contributed by atoms with E-state index in [0.29, 0.717) is 18.7 Å². The molecule has 38 heavy (non-hydrogen) atoms. The lowest BCUT2D eigenvalue weighted by Gasteiger charge is -2.41. The molecule has 5 nitrogen and oxygen atoms in total. The summed E-state index contributed by atoms with van der Waals surface area (Å²) in [6.45, 7) is 6.48. The number of amides is 2. The van der Waals surface area contributed by atoms with Gasteiger partial charge in [0.2, 0.25) is 5.91 Å². The third kappa shape index (κ3) is 5.25. The Morgan fingerprint density at radius 2 is 1.68 bits per heavy atom.